The predicted molar refractivity (Wildman–Crippen MR) is 91.9 cm³/mol. The zero-order valence-corrected chi connectivity index (χ0v) is 15.5. The summed E-state index contributed by atoms with van der Waals surface area (Å²) >= 11 is 0. The van der Waals surface area contributed by atoms with E-state index in [2.05, 4.69) is 15.0 Å². The van der Waals surface area contributed by atoms with Gasteiger partial charge >= 0.3 is 5.97 Å². The highest BCUT2D eigenvalue weighted by atomic mass is 32.2. The van der Waals surface area contributed by atoms with Crippen LogP contribution in [0.15, 0.2) is 39.9 Å². The molecule has 0 aliphatic rings. The van der Waals surface area contributed by atoms with Gasteiger partial charge < -0.3 is 14.6 Å². The maximum Gasteiger partial charge on any atom is 0.341 e. The van der Waals surface area contributed by atoms with Crippen molar-refractivity contribution in [1.29, 1.82) is 0 Å². The summed E-state index contributed by atoms with van der Waals surface area (Å²) in [5, 5.41) is 5.74. The van der Waals surface area contributed by atoms with Crippen molar-refractivity contribution in [3.05, 3.63) is 41.9 Å². The van der Waals surface area contributed by atoms with Crippen molar-refractivity contribution in [3.8, 4) is 0 Å². The topological polar surface area (TPSA) is 119 Å². The molecule has 0 radical (unpaired) electrons. The number of carbonyl (C=O) groups is 2. The van der Waals surface area contributed by atoms with Gasteiger partial charge in [-0.3, -0.25) is 4.79 Å². The van der Waals surface area contributed by atoms with Crippen molar-refractivity contribution >= 4 is 27.7 Å². The van der Waals surface area contributed by atoms with E-state index in [0.29, 0.717) is 0 Å². The number of hydrogen-bond acceptors (Lipinski definition) is 7. The molecule has 2 rings (SSSR count). The molecule has 1 aromatic carbocycles. The number of halogens is 1. The van der Waals surface area contributed by atoms with E-state index < -0.39 is 39.9 Å². The van der Waals surface area contributed by atoms with E-state index in [1.807, 2.05) is 0 Å². The standard InChI is InChI=1S/C16H18FN3O6S/c1-3-20(4-2)27(23,24)11-5-6-13(17)12(9-11)16(22)25-10-15(21)18-14-7-8-26-19-14/h5-9H,3-4,10H2,1-2H3,(H,18,19,21). The average molecular weight is 399 g/mol. The molecular formula is C16H18FN3O6S. The van der Waals surface area contributed by atoms with Crippen LogP contribution >= 0.6 is 0 Å². The number of sulfonamides is 1. The highest BCUT2D eigenvalue weighted by Gasteiger charge is 2.25. The predicted octanol–water partition coefficient (Wildman–Crippen LogP) is 1.64. The van der Waals surface area contributed by atoms with E-state index in [9.17, 15) is 22.4 Å². The summed E-state index contributed by atoms with van der Waals surface area (Å²) < 4.78 is 49.4. The molecular weight excluding hydrogens is 381 g/mol. The molecule has 0 aliphatic carbocycles. The summed E-state index contributed by atoms with van der Waals surface area (Å²) in [7, 11) is -3.88. The second kappa shape index (κ2) is 8.73. The molecule has 1 amide bonds. The van der Waals surface area contributed by atoms with E-state index >= 15 is 0 Å². The van der Waals surface area contributed by atoms with Gasteiger partial charge in [0, 0.05) is 19.2 Å². The van der Waals surface area contributed by atoms with Crippen LogP contribution in [0.2, 0.25) is 0 Å². The van der Waals surface area contributed by atoms with Crippen LogP contribution in [0.4, 0.5) is 10.2 Å². The number of carbonyl (C=O) groups excluding carboxylic acids is 2. The number of esters is 1. The second-order valence-corrected chi connectivity index (χ2v) is 7.18. The maximum atomic E-state index is 14.0. The maximum absolute atomic E-state index is 14.0. The number of amides is 1. The lowest BCUT2D eigenvalue weighted by Gasteiger charge is -2.18. The number of benzene rings is 1. The van der Waals surface area contributed by atoms with Crippen LogP contribution in [0.3, 0.4) is 0 Å². The molecule has 0 bridgehead atoms. The van der Waals surface area contributed by atoms with E-state index in [0.717, 1.165) is 18.2 Å². The lowest BCUT2D eigenvalue weighted by atomic mass is 10.2. The second-order valence-electron chi connectivity index (χ2n) is 5.24. The number of anilines is 1. The van der Waals surface area contributed by atoms with Gasteiger partial charge in [-0.05, 0) is 18.2 Å². The molecule has 1 aromatic heterocycles. The zero-order chi connectivity index (χ0) is 20.0. The number of rotatable bonds is 8. The zero-order valence-electron chi connectivity index (χ0n) is 14.6. The summed E-state index contributed by atoms with van der Waals surface area (Å²) in [5.74, 6) is -2.73. The van der Waals surface area contributed by atoms with Gasteiger partial charge in [-0.25, -0.2) is 17.6 Å². The molecule has 0 spiro atoms. The molecule has 0 unspecified atom stereocenters. The summed E-state index contributed by atoms with van der Waals surface area (Å²) in [6, 6.07) is 4.20. The first-order chi connectivity index (χ1) is 12.8. The van der Waals surface area contributed by atoms with Gasteiger partial charge in [-0.2, -0.15) is 4.31 Å². The van der Waals surface area contributed by atoms with Gasteiger partial charge in [0.05, 0.1) is 10.5 Å². The van der Waals surface area contributed by atoms with Gasteiger partial charge in [-0.1, -0.05) is 19.0 Å². The summed E-state index contributed by atoms with van der Waals surface area (Å²) in [6.45, 7) is 3.05. The minimum Gasteiger partial charge on any atom is -0.452 e. The Hall–Kier alpha value is -2.79. The molecule has 11 heteroatoms. The largest absolute Gasteiger partial charge is 0.452 e. The van der Waals surface area contributed by atoms with Crippen LogP contribution in [0, 0.1) is 5.82 Å². The van der Waals surface area contributed by atoms with Crippen LogP contribution in [-0.4, -0.2) is 49.5 Å². The minimum absolute atomic E-state index is 0.120. The van der Waals surface area contributed by atoms with Crippen molar-refractivity contribution < 1.29 is 31.7 Å². The Morgan fingerprint density at radius 1 is 1.26 bits per heavy atom. The minimum atomic E-state index is -3.88. The van der Waals surface area contributed by atoms with Crippen molar-refractivity contribution in [2.45, 2.75) is 18.7 Å². The monoisotopic (exact) mass is 399 g/mol. The Labute approximate surface area is 155 Å². The lowest BCUT2D eigenvalue weighted by Crippen LogP contribution is -2.30. The molecule has 0 fully saturated rings. The van der Waals surface area contributed by atoms with Crippen molar-refractivity contribution in [2.24, 2.45) is 0 Å². The van der Waals surface area contributed by atoms with Gasteiger partial charge in [0.15, 0.2) is 12.4 Å². The Kier molecular flexibility index (Phi) is 6.64. The van der Waals surface area contributed by atoms with Crippen LogP contribution in [0.5, 0.6) is 0 Å². The Morgan fingerprint density at radius 2 is 1.96 bits per heavy atom. The van der Waals surface area contributed by atoms with Crippen LogP contribution in [-0.2, 0) is 19.6 Å². The van der Waals surface area contributed by atoms with Gasteiger partial charge in [-0.15, -0.1) is 0 Å². The Morgan fingerprint density at radius 3 is 2.56 bits per heavy atom. The lowest BCUT2D eigenvalue weighted by molar-refractivity contribution is -0.119. The van der Waals surface area contributed by atoms with E-state index in [-0.39, 0.29) is 23.8 Å². The number of hydrogen-bond donors (Lipinski definition) is 1. The van der Waals surface area contributed by atoms with E-state index in [4.69, 9.17) is 4.74 Å². The third-order valence-corrected chi connectivity index (χ3v) is 5.59. The third-order valence-electron chi connectivity index (χ3n) is 3.54. The quantitative estimate of drug-likeness (QED) is 0.670. The molecule has 1 N–H and O–H groups in total. The van der Waals surface area contributed by atoms with E-state index in [1.54, 1.807) is 13.8 Å². The van der Waals surface area contributed by atoms with Gasteiger partial charge in [0.2, 0.25) is 10.0 Å². The Balaban J connectivity index is 2.13. The fraction of sp³-hybridized carbons (Fsp3) is 0.312. The molecule has 2 aromatic rings. The average Bonchev–Trinajstić information content (AvgIpc) is 3.13. The highest BCUT2D eigenvalue weighted by molar-refractivity contribution is 7.89. The fourth-order valence-corrected chi connectivity index (χ4v) is 3.68. The molecule has 0 atom stereocenters. The number of aromatic nitrogens is 1. The highest BCUT2D eigenvalue weighted by Crippen LogP contribution is 2.20. The van der Waals surface area contributed by atoms with Crippen molar-refractivity contribution in [1.82, 2.24) is 9.46 Å². The smallest absolute Gasteiger partial charge is 0.341 e. The SMILES string of the molecule is CCN(CC)S(=O)(=O)c1ccc(F)c(C(=O)OCC(=O)Nc2ccon2)c1. The van der Waals surface area contributed by atoms with Crippen LogP contribution < -0.4 is 5.32 Å². The molecule has 0 saturated carbocycles. The first-order valence-electron chi connectivity index (χ1n) is 7.96. The van der Waals surface area contributed by atoms with Gasteiger partial charge in [0.1, 0.15) is 12.1 Å². The normalized spacial score (nSPS) is 11.4. The number of ether oxygens (including phenoxy) is 1. The van der Waals surface area contributed by atoms with Crippen molar-refractivity contribution in [2.75, 3.05) is 25.0 Å². The number of nitrogens with one attached hydrogen (secondary N) is 1. The van der Waals surface area contributed by atoms with Crippen LogP contribution in [0.25, 0.3) is 0 Å². The van der Waals surface area contributed by atoms with Crippen LogP contribution in [0.1, 0.15) is 24.2 Å². The molecule has 9 nitrogen and oxygen atoms in total. The number of nitrogens with zero attached hydrogens (tertiary/aromatic N) is 2. The molecule has 1 heterocycles. The first-order valence-corrected chi connectivity index (χ1v) is 9.40. The summed E-state index contributed by atoms with van der Waals surface area (Å²) in [6.07, 6.45) is 1.23. The summed E-state index contributed by atoms with van der Waals surface area (Å²) in [5.41, 5.74) is -0.586. The molecule has 0 saturated heterocycles. The third kappa shape index (κ3) is 4.89. The first kappa shape index (κ1) is 20.5. The van der Waals surface area contributed by atoms with Gasteiger partial charge in [0.25, 0.3) is 5.91 Å². The Bertz CT molecular complexity index is 910. The fourth-order valence-electron chi connectivity index (χ4n) is 2.20. The molecule has 0 aliphatic heterocycles. The van der Waals surface area contributed by atoms with E-state index in [1.165, 1.54) is 16.6 Å². The van der Waals surface area contributed by atoms with Crippen molar-refractivity contribution in [3.63, 3.8) is 0 Å². The summed E-state index contributed by atoms with van der Waals surface area (Å²) in [4.78, 5) is 23.5. The molecule has 146 valence electrons. The molecule has 27 heavy (non-hydrogen) atoms.